The molecule has 2 aliphatic rings. The smallest absolute Gasteiger partial charge is 0.0765 e. The van der Waals surface area contributed by atoms with Crippen LogP contribution >= 0.6 is 0 Å². The molecule has 0 spiro atoms. The lowest BCUT2D eigenvalue weighted by molar-refractivity contribution is -0.123. The van der Waals surface area contributed by atoms with E-state index in [9.17, 15) is 5.11 Å². The van der Waals surface area contributed by atoms with Gasteiger partial charge in [0.1, 0.15) is 0 Å². The molecule has 3 heterocycles. The van der Waals surface area contributed by atoms with E-state index in [4.69, 9.17) is 9.84 Å². The van der Waals surface area contributed by atoms with E-state index in [1.54, 1.807) is 0 Å². The Balaban J connectivity index is 1.68. The Hall–Kier alpha value is -0.910. The van der Waals surface area contributed by atoms with Crippen molar-refractivity contribution in [2.24, 2.45) is 5.92 Å². The van der Waals surface area contributed by atoms with E-state index < -0.39 is 5.60 Å². The fourth-order valence-electron chi connectivity index (χ4n) is 4.42. The van der Waals surface area contributed by atoms with Crippen LogP contribution in [0.5, 0.6) is 0 Å². The molecule has 2 fully saturated rings. The van der Waals surface area contributed by atoms with Gasteiger partial charge >= 0.3 is 0 Å². The molecule has 0 bridgehead atoms. The highest BCUT2D eigenvalue weighted by atomic mass is 16.5. The summed E-state index contributed by atoms with van der Waals surface area (Å²) in [4.78, 5) is 2.51. The number of hydrogen-bond donors (Lipinski definition) is 1. The highest BCUT2D eigenvalue weighted by Gasteiger charge is 2.44. The van der Waals surface area contributed by atoms with Crippen molar-refractivity contribution in [1.82, 2.24) is 14.7 Å². The zero-order valence-corrected chi connectivity index (χ0v) is 15.4. The molecule has 2 aliphatic heterocycles. The molecule has 1 aromatic rings. The van der Waals surface area contributed by atoms with Crippen LogP contribution in [0.25, 0.3) is 0 Å². The molecule has 1 aromatic heterocycles. The Morgan fingerprint density at radius 2 is 2.21 bits per heavy atom. The van der Waals surface area contributed by atoms with Gasteiger partial charge < -0.3 is 9.84 Å². The van der Waals surface area contributed by atoms with Crippen LogP contribution in [0, 0.1) is 5.92 Å². The third-order valence-corrected chi connectivity index (χ3v) is 6.07. The molecule has 3 rings (SSSR count). The van der Waals surface area contributed by atoms with Crippen molar-refractivity contribution < 1.29 is 9.84 Å². The van der Waals surface area contributed by atoms with Crippen LogP contribution in [0.4, 0.5) is 0 Å². The van der Waals surface area contributed by atoms with Gasteiger partial charge in [0.05, 0.1) is 23.9 Å². The topological polar surface area (TPSA) is 50.5 Å². The molecule has 5 nitrogen and oxygen atoms in total. The van der Waals surface area contributed by atoms with Gasteiger partial charge in [-0.05, 0) is 51.6 Å². The fraction of sp³-hybridized carbons (Fsp3) is 0.842. The Morgan fingerprint density at radius 1 is 1.42 bits per heavy atom. The van der Waals surface area contributed by atoms with E-state index >= 15 is 0 Å². The van der Waals surface area contributed by atoms with Crippen LogP contribution < -0.4 is 0 Å². The normalized spacial score (nSPS) is 31.9. The summed E-state index contributed by atoms with van der Waals surface area (Å²) in [5.74, 6) is 0.204. The Labute approximate surface area is 146 Å². The molecule has 0 radical (unpaired) electrons. The molecule has 5 heteroatoms. The van der Waals surface area contributed by atoms with Crippen molar-refractivity contribution in [3.8, 4) is 0 Å². The van der Waals surface area contributed by atoms with E-state index in [-0.39, 0.29) is 5.92 Å². The average molecular weight is 335 g/mol. The number of hydrogen-bond acceptors (Lipinski definition) is 4. The number of aliphatic hydroxyl groups is 1. The molecular weight excluding hydrogens is 302 g/mol. The van der Waals surface area contributed by atoms with Crippen molar-refractivity contribution in [2.75, 3.05) is 19.8 Å². The molecular formula is C19H33N3O2. The molecule has 3 atom stereocenters. The van der Waals surface area contributed by atoms with E-state index in [1.165, 1.54) is 6.42 Å². The third-order valence-electron chi connectivity index (χ3n) is 6.07. The number of likely N-dealkylation sites (tertiary alicyclic amines) is 1. The first-order valence-corrected chi connectivity index (χ1v) is 9.63. The van der Waals surface area contributed by atoms with Crippen LogP contribution in [0.2, 0.25) is 0 Å². The van der Waals surface area contributed by atoms with Gasteiger partial charge in [0.25, 0.3) is 0 Å². The number of rotatable bonds is 6. The van der Waals surface area contributed by atoms with Gasteiger partial charge in [-0.25, -0.2) is 0 Å². The molecule has 0 unspecified atom stereocenters. The lowest BCUT2D eigenvalue weighted by atomic mass is 9.79. The Bertz CT molecular complexity index is 524. The number of nitrogens with zero attached hydrogens (tertiary/aromatic N) is 3. The first kappa shape index (κ1) is 17.9. The first-order chi connectivity index (χ1) is 11.5. The predicted octanol–water partition coefficient (Wildman–Crippen LogP) is 3.00. The van der Waals surface area contributed by atoms with Crippen molar-refractivity contribution >= 4 is 0 Å². The third kappa shape index (κ3) is 3.68. The number of ether oxygens (including phenoxy) is 1. The van der Waals surface area contributed by atoms with Gasteiger partial charge in [-0.1, -0.05) is 13.8 Å². The quantitative estimate of drug-likeness (QED) is 0.868. The summed E-state index contributed by atoms with van der Waals surface area (Å²) < 4.78 is 7.81. The summed E-state index contributed by atoms with van der Waals surface area (Å²) in [6.45, 7) is 9.75. The molecule has 0 aliphatic carbocycles. The van der Waals surface area contributed by atoms with Gasteiger partial charge in [0.15, 0.2) is 0 Å². The predicted molar refractivity (Wildman–Crippen MR) is 94.8 cm³/mol. The zero-order chi connectivity index (χ0) is 17.2. The molecule has 0 amide bonds. The molecule has 136 valence electrons. The van der Waals surface area contributed by atoms with Crippen LogP contribution in [-0.2, 0) is 11.3 Å². The summed E-state index contributed by atoms with van der Waals surface area (Å²) in [6, 6.07) is 3.06. The molecule has 0 saturated carbocycles. The standard InChI is InChI=1S/C19H33N3O2/c1-4-16(5-2)22-11-8-15(20-22)13-21-10-6-7-18(21)17-14-24-12-9-19(17,3)23/h8,11,16-18,23H,4-7,9-10,12-14H2,1-3H3/t17-,18+,19+/m0/s1. The molecule has 24 heavy (non-hydrogen) atoms. The minimum atomic E-state index is -0.611. The monoisotopic (exact) mass is 335 g/mol. The lowest BCUT2D eigenvalue weighted by Gasteiger charge is -2.43. The Kier molecular flexibility index (Phi) is 5.63. The van der Waals surface area contributed by atoms with Gasteiger partial charge in [0.2, 0.25) is 0 Å². The second-order valence-corrected chi connectivity index (χ2v) is 7.73. The minimum Gasteiger partial charge on any atom is -0.390 e. The molecule has 2 saturated heterocycles. The van der Waals surface area contributed by atoms with E-state index in [0.717, 1.165) is 44.5 Å². The SMILES string of the molecule is CCC(CC)n1ccc(CN2CCC[C@@H]2[C@@H]2COCC[C@@]2(C)O)n1. The van der Waals surface area contributed by atoms with Crippen LogP contribution in [-0.4, -0.2) is 51.2 Å². The van der Waals surface area contributed by atoms with Crippen molar-refractivity contribution in [2.45, 2.75) is 77.1 Å². The van der Waals surface area contributed by atoms with E-state index in [1.807, 2.05) is 6.92 Å². The summed E-state index contributed by atoms with van der Waals surface area (Å²) >= 11 is 0. The van der Waals surface area contributed by atoms with Crippen molar-refractivity contribution in [3.05, 3.63) is 18.0 Å². The summed E-state index contributed by atoms with van der Waals surface area (Å²) in [5, 5.41) is 15.6. The highest BCUT2D eigenvalue weighted by molar-refractivity contribution is 5.03. The van der Waals surface area contributed by atoms with E-state index in [2.05, 4.69) is 35.7 Å². The van der Waals surface area contributed by atoms with Gasteiger partial charge in [-0.3, -0.25) is 9.58 Å². The van der Waals surface area contributed by atoms with Crippen molar-refractivity contribution in [3.63, 3.8) is 0 Å². The number of aromatic nitrogens is 2. The van der Waals surface area contributed by atoms with Crippen LogP contribution in [0.15, 0.2) is 12.3 Å². The van der Waals surface area contributed by atoms with Gasteiger partial charge in [-0.15, -0.1) is 0 Å². The van der Waals surface area contributed by atoms with Crippen LogP contribution in [0.1, 0.15) is 64.6 Å². The Morgan fingerprint density at radius 3 is 2.92 bits per heavy atom. The maximum absolute atomic E-state index is 10.8. The second kappa shape index (κ2) is 7.54. The molecule has 0 aromatic carbocycles. The summed E-state index contributed by atoms with van der Waals surface area (Å²) in [7, 11) is 0. The van der Waals surface area contributed by atoms with Crippen LogP contribution in [0.3, 0.4) is 0 Å². The molecule has 1 N–H and O–H groups in total. The summed E-state index contributed by atoms with van der Waals surface area (Å²) in [5.41, 5.74) is 0.533. The summed E-state index contributed by atoms with van der Waals surface area (Å²) in [6.07, 6.45) is 7.45. The maximum Gasteiger partial charge on any atom is 0.0765 e. The second-order valence-electron chi connectivity index (χ2n) is 7.73. The fourth-order valence-corrected chi connectivity index (χ4v) is 4.42. The minimum absolute atomic E-state index is 0.204. The van der Waals surface area contributed by atoms with Crippen molar-refractivity contribution in [1.29, 1.82) is 0 Å². The maximum atomic E-state index is 10.8. The zero-order valence-electron chi connectivity index (χ0n) is 15.4. The average Bonchev–Trinajstić information content (AvgIpc) is 3.19. The first-order valence-electron chi connectivity index (χ1n) is 9.63. The van der Waals surface area contributed by atoms with E-state index in [0.29, 0.717) is 25.3 Å². The lowest BCUT2D eigenvalue weighted by Crippen LogP contribution is -2.52. The largest absolute Gasteiger partial charge is 0.390 e. The van der Waals surface area contributed by atoms with Gasteiger partial charge in [-0.2, -0.15) is 5.10 Å². The highest BCUT2D eigenvalue weighted by Crippen LogP contribution is 2.36. The van der Waals surface area contributed by atoms with Gasteiger partial charge in [0, 0.05) is 31.3 Å².